The van der Waals surface area contributed by atoms with Gasteiger partial charge in [0.05, 0.1) is 5.70 Å². The number of aryl methyl sites for hydroxylation is 2. The van der Waals surface area contributed by atoms with E-state index in [1.54, 1.807) is 5.56 Å². The maximum absolute atomic E-state index is 5.04. The Morgan fingerprint density at radius 3 is 2.20 bits per heavy atom. The van der Waals surface area contributed by atoms with Crippen LogP contribution in [0.2, 0.25) is 0 Å². The molecule has 3 nitrogen and oxygen atoms in total. The van der Waals surface area contributed by atoms with Crippen LogP contribution in [0.5, 0.6) is 0 Å². The van der Waals surface area contributed by atoms with Crippen molar-refractivity contribution in [1.82, 2.24) is 4.98 Å². The van der Waals surface area contributed by atoms with Crippen molar-refractivity contribution >= 4 is 17.2 Å². The number of benzene rings is 1. The highest BCUT2D eigenvalue weighted by atomic mass is 15.2. The fraction of sp³-hybridized carbons (Fsp3) is 0.561. The van der Waals surface area contributed by atoms with Gasteiger partial charge in [-0.2, -0.15) is 0 Å². The van der Waals surface area contributed by atoms with Gasteiger partial charge in [0.25, 0.3) is 0 Å². The molecule has 3 aliphatic rings. The standard InChI is InChI=1S/C37H51N3.C4H8/c1-7-29-17-18-32(23-26(29)2)31-15-13-28(14-16-31)25-40(27(3)30-11-9-8-10-12-30)36-24-33(21-22-38-36)34-19-20-35(39-34)37(4,5)6;1-4(2)3/h17-19,21-24,28,30-31H,3,7-16,20,25H2,1-2,4-6H3;1H2,2-3H3. The Bertz CT molecular complexity index is 1340. The minimum atomic E-state index is 0.102. The second-order valence-corrected chi connectivity index (χ2v) is 14.9. The molecule has 0 N–H and O–H groups in total. The third-order valence-electron chi connectivity index (χ3n) is 9.86. The maximum atomic E-state index is 5.04. The molecule has 0 saturated heterocycles. The maximum Gasteiger partial charge on any atom is 0.133 e. The molecule has 0 unspecified atom stereocenters. The van der Waals surface area contributed by atoms with Crippen LogP contribution in [0.15, 0.2) is 72.0 Å². The third kappa shape index (κ3) is 9.05. The number of rotatable bonds is 8. The van der Waals surface area contributed by atoms with Crippen molar-refractivity contribution in [3.8, 4) is 0 Å². The Balaban J connectivity index is 0.00000104. The zero-order valence-electron chi connectivity index (χ0n) is 29.0. The van der Waals surface area contributed by atoms with E-state index in [0.717, 1.165) is 30.9 Å². The highest BCUT2D eigenvalue weighted by Crippen LogP contribution is 2.40. The molecular weight excluding hydrogens is 534 g/mol. The fourth-order valence-corrected chi connectivity index (χ4v) is 7.13. The van der Waals surface area contributed by atoms with E-state index in [-0.39, 0.29) is 5.41 Å². The summed E-state index contributed by atoms with van der Waals surface area (Å²) in [5, 5.41) is 0. The first-order chi connectivity index (χ1) is 21.0. The summed E-state index contributed by atoms with van der Waals surface area (Å²) >= 11 is 0. The zero-order chi connectivity index (χ0) is 31.9. The normalized spacial score (nSPS) is 20.7. The molecule has 0 atom stereocenters. The smallest absolute Gasteiger partial charge is 0.133 e. The average Bonchev–Trinajstić information content (AvgIpc) is 3.52. The summed E-state index contributed by atoms with van der Waals surface area (Å²) in [6.45, 7) is 24.6. The van der Waals surface area contributed by atoms with Crippen molar-refractivity contribution in [1.29, 1.82) is 0 Å². The summed E-state index contributed by atoms with van der Waals surface area (Å²) < 4.78 is 0. The van der Waals surface area contributed by atoms with Gasteiger partial charge in [-0.1, -0.05) is 83.4 Å². The van der Waals surface area contributed by atoms with Gasteiger partial charge in [0, 0.05) is 41.5 Å². The minimum Gasteiger partial charge on any atom is -0.330 e. The van der Waals surface area contributed by atoms with Gasteiger partial charge in [0.15, 0.2) is 0 Å². The molecule has 1 aromatic heterocycles. The van der Waals surface area contributed by atoms with Crippen LogP contribution in [-0.2, 0) is 6.42 Å². The zero-order valence-corrected chi connectivity index (χ0v) is 29.0. The van der Waals surface area contributed by atoms with Crippen LogP contribution in [0.1, 0.15) is 134 Å². The summed E-state index contributed by atoms with van der Waals surface area (Å²) in [6.07, 6.45) is 18.0. The Morgan fingerprint density at radius 1 is 0.932 bits per heavy atom. The monoisotopic (exact) mass is 593 g/mol. The summed E-state index contributed by atoms with van der Waals surface area (Å²) in [4.78, 5) is 12.5. The molecule has 3 heteroatoms. The predicted molar refractivity (Wildman–Crippen MR) is 193 cm³/mol. The summed E-state index contributed by atoms with van der Waals surface area (Å²) in [7, 11) is 0. The van der Waals surface area contributed by atoms with Gasteiger partial charge in [-0.3, -0.25) is 4.99 Å². The van der Waals surface area contributed by atoms with E-state index in [0.29, 0.717) is 17.8 Å². The number of pyridine rings is 1. The molecule has 44 heavy (non-hydrogen) atoms. The van der Waals surface area contributed by atoms with E-state index in [1.165, 1.54) is 91.5 Å². The van der Waals surface area contributed by atoms with Crippen molar-refractivity contribution in [3.63, 3.8) is 0 Å². The highest BCUT2D eigenvalue weighted by Gasteiger charge is 2.29. The molecule has 0 radical (unpaired) electrons. The number of aliphatic imine (C=N–C) groups is 1. The Labute approximate surface area is 269 Å². The number of hydrogen-bond donors (Lipinski definition) is 0. The summed E-state index contributed by atoms with van der Waals surface area (Å²) in [6, 6.07) is 11.6. The molecular formula is C41H59N3. The van der Waals surface area contributed by atoms with Gasteiger partial charge < -0.3 is 4.90 Å². The first kappa shape index (κ1) is 33.9. The van der Waals surface area contributed by atoms with E-state index in [9.17, 15) is 0 Å². The van der Waals surface area contributed by atoms with Crippen molar-refractivity contribution in [2.24, 2.45) is 22.2 Å². The van der Waals surface area contributed by atoms with Gasteiger partial charge >= 0.3 is 0 Å². The molecule has 0 spiro atoms. The first-order valence-electron chi connectivity index (χ1n) is 17.4. The largest absolute Gasteiger partial charge is 0.330 e. The Hall–Kier alpha value is -2.94. The van der Waals surface area contributed by atoms with Gasteiger partial charge in [0.1, 0.15) is 5.82 Å². The number of nitrogens with zero attached hydrogens (tertiary/aromatic N) is 3. The van der Waals surface area contributed by atoms with Crippen LogP contribution < -0.4 is 4.90 Å². The number of anilines is 1. The van der Waals surface area contributed by atoms with E-state index in [1.807, 2.05) is 20.0 Å². The summed E-state index contributed by atoms with van der Waals surface area (Å²) in [5.74, 6) is 3.00. The summed E-state index contributed by atoms with van der Waals surface area (Å²) in [5.41, 5.74) is 10.6. The van der Waals surface area contributed by atoms with Crippen molar-refractivity contribution in [2.45, 2.75) is 125 Å². The van der Waals surface area contributed by atoms with Crippen molar-refractivity contribution < 1.29 is 0 Å². The van der Waals surface area contributed by atoms with Crippen LogP contribution in [0, 0.1) is 24.2 Å². The molecule has 5 rings (SSSR count). The molecule has 2 saturated carbocycles. The molecule has 238 valence electrons. The third-order valence-corrected chi connectivity index (χ3v) is 9.86. The molecule has 2 heterocycles. The van der Waals surface area contributed by atoms with Crippen molar-refractivity contribution in [2.75, 3.05) is 11.4 Å². The SMILES string of the molecule is C=C(C)C.C=C(C1CCCCC1)N(CC1CCC(c2ccc(CC)c(C)c2)CC1)c1cc(C2=CCC(C(C)(C)C)=N2)ccn1. The fourth-order valence-electron chi connectivity index (χ4n) is 7.13. The quantitative estimate of drug-likeness (QED) is 0.285. The van der Waals surface area contributed by atoms with Crippen LogP contribution in [0.25, 0.3) is 5.70 Å². The van der Waals surface area contributed by atoms with E-state index < -0.39 is 0 Å². The van der Waals surface area contributed by atoms with Gasteiger partial charge in [-0.25, -0.2) is 4.98 Å². The average molecular weight is 594 g/mol. The van der Waals surface area contributed by atoms with E-state index in [2.05, 4.69) is 82.5 Å². The van der Waals surface area contributed by atoms with E-state index in [4.69, 9.17) is 16.6 Å². The van der Waals surface area contributed by atoms with Crippen LogP contribution in [0.4, 0.5) is 5.82 Å². The molecule has 2 aromatic rings. The van der Waals surface area contributed by atoms with E-state index >= 15 is 0 Å². The number of hydrogen-bond acceptors (Lipinski definition) is 3. The molecule has 1 aliphatic heterocycles. The number of aromatic nitrogens is 1. The molecule has 1 aromatic carbocycles. The lowest BCUT2D eigenvalue weighted by Crippen LogP contribution is -2.34. The van der Waals surface area contributed by atoms with Gasteiger partial charge in [-0.05, 0) is 112 Å². The van der Waals surface area contributed by atoms with Crippen LogP contribution in [0.3, 0.4) is 0 Å². The topological polar surface area (TPSA) is 28.5 Å². The Morgan fingerprint density at radius 2 is 1.61 bits per heavy atom. The second kappa shape index (κ2) is 15.4. The molecule has 0 bridgehead atoms. The number of allylic oxidation sites excluding steroid dienone is 3. The first-order valence-corrected chi connectivity index (χ1v) is 17.4. The Kier molecular flexibility index (Phi) is 11.9. The lowest BCUT2D eigenvalue weighted by atomic mass is 9.77. The lowest BCUT2D eigenvalue weighted by Gasteiger charge is -2.37. The van der Waals surface area contributed by atoms with Gasteiger partial charge in [-0.15, -0.1) is 6.58 Å². The van der Waals surface area contributed by atoms with Gasteiger partial charge in [0.2, 0.25) is 0 Å². The minimum absolute atomic E-state index is 0.102. The predicted octanol–water partition coefficient (Wildman–Crippen LogP) is 11.6. The molecule has 0 amide bonds. The van der Waals surface area contributed by atoms with Crippen LogP contribution >= 0.6 is 0 Å². The highest BCUT2D eigenvalue weighted by molar-refractivity contribution is 5.99. The van der Waals surface area contributed by atoms with Crippen LogP contribution in [-0.4, -0.2) is 17.2 Å². The lowest BCUT2D eigenvalue weighted by molar-refractivity contribution is 0.323. The molecule has 2 fully saturated rings. The van der Waals surface area contributed by atoms with Crippen molar-refractivity contribution in [3.05, 3.63) is 89.3 Å². The second-order valence-electron chi connectivity index (χ2n) is 14.9. The molecule has 2 aliphatic carbocycles.